The van der Waals surface area contributed by atoms with Crippen LogP contribution in [-0.4, -0.2) is 50.2 Å². The molecular weight excluding hydrogens is 267 g/mol. The number of imidazole rings is 1. The second-order valence-corrected chi connectivity index (χ2v) is 8.55. The molecule has 104 valence electrons. The quantitative estimate of drug-likeness (QED) is 0.778. The van der Waals surface area contributed by atoms with Crippen molar-refractivity contribution in [3.8, 4) is 0 Å². The average molecular weight is 284 g/mol. The highest BCUT2D eigenvalue weighted by Gasteiger charge is 2.15. The molecule has 0 aliphatic heterocycles. The first-order chi connectivity index (χ1) is 8.87. The Balaban J connectivity index is 2.09. The van der Waals surface area contributed by atoms with Gasteiger partial charge in [-0.2, -0.15) is 0 Å². The van der Waals surface area contributed by atoms with E-state index in [1.54, 1.807) is 17.9 Å². The van der Waals surface area contributed by atoms with Crippen molar-refractivity contribution in [3.05, 3.63) is 23.0 Å². The normalized spacial score (nSPS) is 13.8. The molecule has 0 amide bonds. The Morgan fingerprint density at radius 2 is 2.21 bits per heavy atom. The zero-order valence-electron chi connectivity index (χ0n) is 10.9. The molecule has 0 spiro atoms. The van der Waals surface area contributed by atoms with Crippen LogP contribution in [0, 0.1) is 0 Å². The number of aliphatic hydroxyl groups is 1. The van der Waals surface area contributed by atoms with E-state index >= 15 is 0 Å². The molecule has 0 unspecified atom stereocenters. The number of aliphatic hydroxyl groups excluding tert-OH is 1. The fourth-order valence-electron chi connectivity index (χ4n) is 1.94. The third kappa shape index (κ3) is 3.52. The molecule has 0 aliphatic rings. The number of fused-ring (bicyclic) bond motifs is 1. The third-order valence-corrected chi connectivity index (χ3v) is 4.06. The molecule has 0 aliphatic carbocycles. The van der Waals surface area contributed by atoms with Gasteiger partial charge in [0.25, 0.3) is 5.56 Å². The van der Waals surface area contributed by atoms with Gasteiger partial charge in [-0.3, -0.25) is 4.79 Å². The Kier molecular flexibility index (Phi) is 3.87. The van der Waals surface area contributed by atoms with Gasteiger partial charge in [0.2, 0.25) is 0 Å². The topological polar surface area (TPSA) is 101 Å². The summed E-state index contributed by atoms with van der Waals surface area (Å²) in [5.41, 5.74) is 0.497. The molecule has 7 nitrogen and oxygen atoms in total. The molecule has 0 saturated heterocycles. The first-order valence-corrected chi connectivity index (χ1v) is 8.76. The lowest BCUT2D eigenvalue weighted by Gasteiger charge is -2.13. The number of nitrogens with zero attached hydrogens (tertiary/aromatic N) is 3. The molecule has 19 heavy (non-hydrogen) atoms. The molecule has 8 heteroatoms. The zero-order valence-corrected chi connectivity index (χ0v) is 11.8. The highest BCUT2D eigenvalue weighted by molar-refractivity contribution is 7.62. The van der Waals surface area contributed by atoms with Crippen LogP contribution in [0.1, 0.15) is 6.42 Å². The largest absolute Gasteiger partial charge is 0.393 e. The molecule has 0 aromatic carbocycles. The molecule has 2 aromatic heterocycles. The predicted octanol–water partition coefficient (Wildman–Crippen LogP) is 0.493. The Bertz CT molecular complexity index is 672. The fourth-order valence-corrected chi connectivity index (χ4v) is 3.14. The van der Waals surface area contributed by atoms with E-state index in [2.05, 4.69) is 15.0 Å². The number of nitrogens with one attached hydrogen (secondary N) is 1. The molecular formula is C11H17N4O3P. The lowest BCUT2D eigenvalue weighted by molar-refractivity contribution is 0.180. The zero-order chi connectivity index (χ0) is 14.0. The maximum absolute atomic E-state index is 11.6. The highest BCUT2D eigenvalue weighted by atomic mass is 31.2. The molecule has 0 bridgehead atoms. The molecule has 0 radical (unpaired) electrons. The van der Waals surface area contributed by atoms with Crippen molar-refractivity contribution >= 4 is 18.3 Å². The second kappa shape index (κ2) is 5.27. The van der Waals surface area contributed by atoms with Crippen LogP contribution < -0.4 is 5.56 Å². The number of aryl methyl sites for hydroxylation is 1. The molecule has 2 heterocycles. The van der Waals surface area contributed by atoms with Crippen molar-refractivity contribution in [2.75, 3.05) is 19.5 Å². The minimum atomic E-state index is -2.23. The summed E-state index contributed by atoms with van der Waals surface area (Å²) < 4.78 is 13.3. The molecule has 2 N–H and O–H groups in total. The van der Waals surface area contributed by atoms with E-state index in [1.165, 1.54) is 12.7 Å². The van der Waals surface area contributed by atoms with E-state index in [0.717, 1.165) is 0 Å². The predicted molar refractivity (Wildman–Crippen MR) is 73.1 cm³/mol. The van der Waals surface area contributed by atoms with E-state index in [4.69, 9.17) is 0 Å². The van der Waals surface area contributed by atoms with Crippen molar-refractivity contribution in [2.45, 2.75) is 19.1 Å². The maximum Gasteiger partial charge on any atom is 0.278 e. The fraction of sp³-hybridized carbons (Fsp3) is 0.545. The number of aromatic nitrogens is 4. The third-order valence-electron chi connectivity index (χ3n) is 2.76. The van der Waals surface area contributed by atoms with Gasteiger partial charge in [-0.25, -0.2) is 9.97 Å². The van der Waals surface area contributed by atoms with E-state index in [1.807, 2.05) is 0 Å². The SMILES string of the molecule is CP(C)(=O)C[C@@H](O)CCn1cnc2c(=O)[nH]cnc21. The van der Waals surface area contributed by atoms with Gasteiger partial charge in [0.15, 0.2) is 11.2 Å². The molecule has 0 fully saturated rings. The Morgan fingerprint density at radius 3 is 2.89 bits per heavy atom. The molecule has 2 aromatic rings. The summed E-state index contributed by atoms with van der Waals surface area (Å²) in [4.78, 5) is 22.0. The van der Waals surface area contributed by atoms with Gasteiger partial charge >= 0.3 is 0 Å². The van der Waals surface area contributed by atoms with Crippen molar-refractivity contribution in [3.63, 3.8) is 0 Å². The van der Waals surface area contributed by atoms with Gasteiger partial charge in [0.1, 0.15) is 0 Å². The minimum absolute atomic E-state index is 0.282. The van der Waals surface area contributed by atoms with Crippen molar-refractivity contribution < 1.29 is 9.67 Å². The monoisotopic (exact) mass is 284 g/mol. The van der Waals surface area contributed by atoms with Crippen molar-refractivity contribution in [1.29, 1.82) is 0 Å². The van der Waals surface area contributed by atoms with Crippen molar-refractivity contribution in [2.24, 2.45) is 0 Å². The first-order valence-electron chi connectivity index (χ1n) is 5.97. The second-order valence-electron chi connectivity index (χ2n) is 5.04. The van der Waals surface area contributed by atoms with Crippen LogP contribution >= 0.6 is 7.14 Å². The van der Waals surface area contributed by atoms with E-state index in [0.29, 0.717) is 24.8 Å². The van der Waals surface area contributed by atoms with Crippen LogP contribution in [0.5, 0.6) is 0 Å². The molecule has 2 rings (SSSR count). The minimum Gasteiger partial charge on any atom is -0.393 e. The van der Waals surface area contributed by atoms with Gasteiger partial charge in [0, 0.05) is 12.7 Å². The van der Waals surface area contributed by atoms with Crippen molar-refractivity contribution in [1.82, 2.24) is 19.5 Å². The number of H-pyrrole nitrogens is 1. The standard InChI is InChI=1S/C11H17N4O3P/c1-19(2,18)5-8(16)3-4-15-7-14-9-10(15)12-6-13-11(9)17/h6-8,16H,3-5H2,1-2H3,(H,12,13,17)/t8-/m0/s1. The summed E-state index contributed by atoms with van der Waals surface area (Å²) >= 11 is 0. The lowest BCUT2D eigenvalue weighted by atomic mass is 10.3. The summed E-state index contributed by atoms with van der Waals surface area (Å²) in [6.07, 6.45) is 2.97. The van der Waals surface area contributed by atoms with E-state index < -0.39 is 13.2 Å². The summed E-state index contributed by atoms with van der Waals surface area (Å²) in [6, 6.07) is 0. The average Bonchev–Trinajstić information content (AvgIpc) is 2.69. The number of hydrogen-bond acceptors (Lipinski definition) is 5. The van der Waals surface area contributed by atoms with Gasteiger partial charge in [-0.15, -0.1) is 0 Å². The summed E-state index contributed by atoms with van der Waals surface area (Å²) in [6.45, 7) is 3.79. The summed E-state index contributed by atoms with van der Waals surface area (Å²) in [5, 5.41) is 9.82. The van der Waals surface area contributed by atoms with E-state index in [-0.39, 0.29) is 11.1 Å². The molecule has 1 atom stereocenters. The van der Waals surface area contributed by atoms with Gasteiger partial charge in [-0.1, -0.05) is 0 Å². The van der Waals surface area contributed by atoms with Crippen LogP contribution in [0.3, 0.4) is 0 Å². The van der Waals surface area contributed by atoms with Gasteiger partial charge < -0.3 is 19.2 Å². The summed E-state index contributed by atoms with van der Waals surface area (Å²) in [5.74, 6) is 0. The van der Waals surface area contributed by atoms with Crippen LogP contribution in [0.4, 0.5) is 0 Å². The van der Waals surface area contributed by atoms with Crippen LogP contribution in [0.15, 0.2) is 17.4 Å². The molecule has 0 saturated carbocycles. The maximum atomic E-state index is 11.6. The Morgan fingerprint density at radius 1 is 1.47 bits per heavy atom. The van der Waals surface area contributed by atoms with Crippen LogP contribution in [-0.2, 0) is 11.1 Å². The smallest absolute Gasteiger partial charge is 0.278 e. The summed E-state index contributed by atoms with van der Waals surface area (Å²) in [7, 11) is -2.23. The number of rotatable bonds is 5. The number of aromatic amines is 1. The Labute approximate surface area is 110 Å². The lowest BCUT2D eigenvalue weighted by Crippen LogP contribution is -2.15. The first kappa shape index (κ1) is 14.0. The number of hydrogen-bond donors (Lipinski definition) is 2. The van der Waals surface area contributed by atoms with Crippen LogP contribution in [0.25, 0.3) is 11.2 Å². The van der Waals surface area contributed by atoms with Gasteiger partial charge in [0.05, 0.1) is 25.9 Å². The van der Waals surface area contributed by atoms with E-state index in [9.17, 15) is 14.5 Å². The Hall–Kier alpha value is -1.46. The highest BCUT2D eigenvalue weighted by Crippen LogP contribution is 2.36. The van der Waals surface area contributed by atoms with Gasteiger partial charge in [-0.05, 0) is 19.8 Å². The van der Waals surface area contributed by atoms with Crippen LogP contribution in [0.2, 0.25) is 0 Å².